The van der Waals surface area contributed by atoms with Crippen LogP contribution in [0.1, 0.15) is 69.2 Å². The SMILES string of the molecule is CC1CCCC(C)N1C(=O)COc1ccc(C(=O)NCCN(C)C2CCCC2)cc1. The third-order valence-electron chi connectivity index (χ3n) is 6.66. The smallest absolute Gasteiger partial charge is 0.260 e. The van der Waals surface area contributed by atoms with Crippen molar-refractivity contribution in [2.45, 2.75) is 76.9 Å². The molecule has 1 aromatic rings. The molecule has 1 N–H and O–H groups in total. The largest absolute Gasteiger partial charge is 0.484 e. The zero-order valence-electron chi connectivity index (χ0n) is 18.7. The summed E-state index contributed by atoms with van der Waals surface area (Å²) in [4.78, 5) is 29.2. The summed E-state index contributed by atoms with van der Waals surface area (Å²) >= 11 is 0. The third-order valence-corrected chi connectivity index (χ3v) is 6.66. The van der Waals surface area contributed by atoms with Crippen LogP contribution in [0, 0.1) is 0 Å². The van der Waals surface area contributed by atoms with Crippen molar-refractivity contribution < 1.29 is 14.3 Å². The van der Waals surface area contributed by atoms with E-state index in [0.717, 1.165) is 19.4 Å². The molecule has 30 heavy (non-hydrogen) atoms. The average Bonchev–Trinajstić information content (AvgIpc) is 3.27. The molecule has 0 radical (unpaired) electrons. The van der Waals surface area contributed by atoms with E-state index < -0.39 is 0 Å². The van der Waals surface area contributed by atoms with Crippen LogP contribution in [0.2, 0.25) is 0 Å². The molecule has 6 heteroatoms. The van der Waals surface area contributed by atoms with Gasteiger partial charge in [-0.1, -0.05) is 12.8 Å². The number of rotatable bonds is 8. The lowest BCUT2D eigenvalue weighted by atomic mass is 9.97. The van der Waals surface area contributed by atoms with Crippen molar-refractivity contribution in [3.05, 3.63) is 29.8 Å². The van der Waals surface area contributed by atoms with Crippen molar-refractivity contribution in [1.29, 1.82) is 0 Å². The monoisotopic (exact) mass is 415 g/mol. The molecule has 3 rings (SSSR count). The first-order chi connectivity index (χ1) is 14.5. The molecular formula is C24H37N3O3. The first kappa shape index (κ1) is 22.6. The summed E-state index contributed by atoms with van der Waals surface area (Å²) in [6.07, 6.45) is 8.45. The zero-order chi connectivity index (χ0) is 21.5. The number of likely N-dealkylation sites (tertiary alicyclic amines) is 1. The molecule has 2 atom stereocenters. The molecule has 2 fully saturated rings. The second-order valence-electron chi connectivity index (χ2n) is 8.92. The molecule has 166 valence electrons. The number of carbonyl (C=O) groups excluding carboxylic acids is 2. The van der Waals surface area contributed by atoms with E-state index in [1.165, 1.54) is 32.1 Å². The number of hydrogen-bond donors (Lipinski definition) is 1. The Labute approximate surface area is 180 Å². The third kappa shape index (κ3) is 5.97. The van der Waals surface area contributed by atoms with Gasteiger partial charge in [-0.25, -0.2) is 0 Å². The maximum absolute atomic E-state index is 12.6. The molecular weight excluding hydrogens is 378 g/mol. The van der Waals surface area contributed by atoms with Gasteiger partial charge in [0.15, 0.2) is 6.61 Å². The molecule has 0 aromatic heterocycles. The van der Waals surface area contributed by atoms with Gasteiger partial charge in [-0.05, 0) is 77.3 Å². The molecule has 1 aliphatic heterocycles. The second-order valence-corrected chi connectivity index (χ2v) is 8.92. The van der Waals surface area contributed by atoms with Crippen LogP contribution in [0.4, 0.5) is 0 Å². The van der Waals surface area contributed by atoms with Crippen LogP contribution < -0.4 is 10.1 Å². The van der Waals surface area contributed by atoms with Crippen molar-refractivity contribution in [3.8, 4) is 5.75 Å². The van der Waals surface area contributed by atoms with Crippen LogP contribution >= 0.6 is 0 Å². The van der Waals surface area contributed by atoms with E-state index in [1.807, 2.05) is 4.90 Å². The minimum atomic E-state index is -0.0755. The van der Waals surface area contributed by atoms with Gasteiger partial charge in [-0.2, -0.15) is 0 Å². The Balaban J connectivity index is 1.41. The van der Waals surface area contributed by atoms with Gasteiger partial charge in [0.25, 0.3) is 11.8 Å². The minimum absolute atomic E-state index is 0.0305. The number of nitrogens with zero attached hydrogens (tertiary/aromatic N) is 2. The Bertz CT molecular complexity index is 690. The summed E-state index contributed by atoms with van der Waals surface area (Å²) in [6, 6.07) is 8.22. The number of ether oxygens (including phenoxy) is 1. The molecule has 0 spiro atoms. The van der Waals surface area contributed by atoms with E-state index in [2.05, 4.69) is 31.1 Å². The van der Waals surface area contributed by atoms with E-state index in [1.54, 1.807) is 24.3 Å². The number of hydrogen-bond acceptors (Lipinski definition) is 4. The van der Waals surface area contributed by atoms with Crippen LogP contribution in [0.15, 0.2) is 24.3 Å². The predicted octanol–water partition coefficient (Wildman–Crippen LogP) is 3.46. The molecule has 2 aliphatic rings. The van der Waals surface area contributed by atoms with Crippen molar-refractivity contribution >= 4 is 11.8 Å². The highest BCUT2D eigenvalue weighted by molar-refractivity contribution is 5.94. The molecule has 1 heterocycles. The summed E-state index contributed by atoms with van der Waals surface area (Å²) in [6.45, 7) is 5.75. The first-order valence-electron chi connectivity index (χ1n) is 11.5. The minimum Gasteiger partial charge on any atom is -0.484 e. The van der Waals surface area contributed by atoms with Crippen LogP contribution in [0.25, 0.3) is 0 Å². The summed E-state index contributed by atoms with van der Waals surface area (Å²) in [5.74, 6) is 0.564. The van der Waals surface area contributed by atoms with Gasteiger partial charge in [0.1, 0.15) is 5.75 Å². The number of piperidine rings is 1. The highest BCUT2D eigenvalue weighted by Crippen LogP contribution is 2.23. The quantitative estimate of drug-likeness (QED) is 0.706. The van der Waals surface area contributed by atoms with E-state index in [9.17, 15) is 9.59 Å². The topological polar surface area (TPSA) is 61.9 Å². The lowest BCUT2D eigenvalue weighted by Crippen LogP contribution is -2.49. The van der Waals surface area contributed by atoms with Gasteiger partial charge in [0.2, 0.25) is 0 Å². The fourth-order valence-corrected chi connectivity index (χ4v) is 4.81. The Morgan fingerprint density at radius 2 is 1.67 bits per heavy atom. The molecule has 2 amide bonds. The lowest BCUT2D eigenvalue weighted by molar-refractivity contribution is -0.139. The van der Waals surface area contributed by atoms with Crippen molar-refractivity contribution in [1.82, 2.24) is 15.1 Å². The Morgan fingerprint density at radius 3 is 2.30 bits per heavy atom. The van der Waals surface area contributed by atoms with Gasteiger partial charge in [-0.15, -0.1) is 0 Å². The highest BCUT2D eigenvalue weighted by Gasteiger charge is 2.29. The molecule has 1 saturated heterocycles. The molecule has 1 saturated carbocycles. The van der Waals surface area contributed by atoms with Crippen molar-refractivity contribution in [3.63, 3.8) is 0 Å². The Hall–Kier alpha value is -2.08. The number of amides is 2. The van der Waals surface area contributed by atoms with Crippen LogP contribution in [-0.4, -0.2) is 66.5 Å². The van der Waals surface area contributed by atoms with Crippen molar-refractivity contribution in [2.75, 3.05) is 26.7 Å². The second kappa shape index (κ2) is 10.8. The van der Waals surface area contributed by atoms with Gasteiger partial charge in [0, 0.05) is 36.8 Å². The summed E-state index contributed by atoms with van der Waals surface area (Å²) < 4.78 is 5.69. The molecule has 1 aliphatic carbocycles. The Morgan fingerprint density at radius 1 is 1.03 bits per heavy atom. The standard InChI is InChI=1S/C24H37N3O3/c1-18-7-6-8-19(2)27(18)23(28)17-30-22-13-11-20(12-14-22)24(29)25-15-16-26(3)21-9-4-5-10-21/h11-14,18-19,21H,4-10,15-17H2,1-3H3,(H,25,29). The van der Waals surface area contributed by atoms with Crippen LogP contribution in [-0.2, 0) is 4.79 Å². The summed E-state index contributed by atoms with van der Waals surface area (Å²) in [5.41, 5.74) is 0.607. The maximum atomic E-state index is 12.6. The van der Waals surface area contributed by atoms with Gasteiger partial charge < -0.3 is 19.9 Å². The lowest BCUT2D eigenvalue weighted by Gasteiger charge is -2.38. The fraction of sp³-hybridized carbons (Fsp3) is 0.667. The summed E-state index contributed by atoms with van der Waals surface area (Å²) in [7, 11) is 2.14. The van der Waals surface area contributed by atoms with E-state index in [4.69, 9.17) is 4.74 Å². The molecule has 6 nitrogen and oxygen atoms in total. The zero-order valence-corrected chi connectivity index (χ0v) is 18.7. The Kier molecular flexibility index (Phi) is 8.14. The van der Waals surface area contributed by atoms with E-state index in [0.29, 0.717) is 23.9 Å². The maximum Gasteiger partial charge on any atom is 0.260 e. The predicted molar refractivity (Wildman–Crippen MR) is 119 cm³/mol. The highest BCUT2D eigenvalue weighted by atomic mass is 16.5. The number of carbonyl (C=O) groups is 2. The number of likely N-dealkylation sites (N-methyl/N-ethyl adjacent to an activating group) is 1. The van der Waals surface area contributed by atoms with Gasteiger partial charge in [0.05, 0.1) is 0 Å². The fourth-order valence-electron chi connectivity index (χ4n) is 4.81. The average molecular weight is 416 g/mol. The molecule has 0 bridgehead atoms. The van der Waals surface area contributed by atoms with E-state index in [-0.39, 0.29) is 30.5 Å². The normalized spacial score (nSPS) is 22.3. The molecule has 2 unspecified atom stereocenters. The van der Waals surface area contributed by atoms with Crippen molar-refractivity contribution in [2.24, 2.45) is 0 Å². The van der Waals surface area contributed by atoms with E-state index >= 15 is 0 Å². The van der Waals surface area contributed by atoms with Gasteiger partial charge >= 0.3 is 0 Å². The van der Waals surface area contributed by atoms with Gasteiger partial charge in [-0.3, -0.25) is 9.59 Å². The molecule has 1 aromatic carbocycles. The number of benzene rings is 1. The summed E-state index contributed by atoms with van der Waals surface area (Å²) in [5, 5.41) is 2.99. The van der Waals surface area contributed by atoms with Crippen LogP contribution in [0.3, 0.4) is 0 Å². The van der Waals surface area contributed by atoms with Crippen LogP contribution in [0.5, 0.6) is 5.75 Å². The first-order valence-corrected chi connectivity index (χ1v) is 11.5. The number of nitrogens with one attached hydrogen (secondary N) is 1.